The van der Waals surface area contributed by atoms with Gasteiger partial charge >= 0.3 is 0 Å². The van der Waals surface area contributed by atoms with Crippen LogP contribution in [0.3, 0.4) is 0 Å². The summed E-state index contributed by atoms with van der Waals surface area (Å²) in [6.07, 6.45) is 0. The van der Waals surface area contributed by atoms with E-state index in [0.29, 0.717) is 13.1 Å². The predicted octanol–water partition coefficient (Wildman–Crippen LogP) is 0.379. The Balaban J connectivity index is 3.84. The maximum Gasteiger partial charge on any atom is 0.219 e. The van der Waals surface area contributed by atoms with Crippen molar-refractivity contribution in [2.75, 3.05) is 13.1 Å². The van der Waals surface area contributed by atoms with Gasteiger partial charge in [0.1, 0.15) is 0 Å². The Kier molecular flexibility index (Phi) is 5.11. The van der Waals surface area contributed by atoms with Crippen LogP contribution in [-0.2, 0) is 9.59 Å². The summed E-state index contributed by atoms with van der Waals surface area (Å²) in [5.74, 6) is -0.0207. The Hall–Kier alpha value is -1.06. The average Bonchev–Trinajstić information content (AvgIpc) is 1.95. The van der Waals surface area contributed by atoms with E-state index in [2.05, 4.69) is 5.32 Å². The minimum Gasteiger partial charge on any atom is -0.355 e. The number of hydrogen-bond acceptors (Lipinski definition) is 2. The second-order valence-electron chi connectivity index (χ2n) is 3.29. The highest BCUT2D eigenvalue weighted by atomic mass is 16.2. The van der Waals surface area contributed by atoms with E-state index in [9.17, 15) is 9.59 Å². The molecule has 0 saturated heterocycles. The maximum absolute atomic E-state index is 11.1. The Bertz CT molecular complexity index is 190. The lowest BCUT2D eigenvalue weighted by Crippen LogP contribution is -2.40. The van der Waals surface area contributed by atoms with E-state index in [1.807, 2.05) is 13.8 Å². The molecule has 0 spiro atoms. The Labute approximate surface area is 79.3 Å². The first-order valence-corrected chi connectivity index (χ1v) is 4.46. The molecule has 0 aliphatic carbocycles. The third kappa shape index (κ3) is 5.22. The smallest absolute Gasteiger partial charge is 0.219 e. The van der Waals surface area contributed by atoms with Gasteiger partial charge in [0.15, 0.2) is 0 Å². The first-order valence-electron chi connectivity index (χ1n) is 4.46. The molecular formula is C9H18N2O2. The van der Waals surface area contributed by atoms with Crippen molar-refractivity contribution in [2.24, 2.45) is 0 Å². The summed E-state index contributed by atoms with van der Waals surface area (Å²) in [7, 11) is 0. The standard InChI is InChI=1S/C9H18N2O2/c1-7(2)11(9(4)13)6-5-10-8(3)12/h7H,5-6H2,1-4H3,(H,10,12). The summed E-state index contributed by atoms with van der Waals surface area (Å²) in [5, 5.41) is 2.65. The molecule has 0 aliphatic heterocycles. The highest BCUT2D eigenvalue weighted by Gasteiger charge is 2.11. The molecule has 4 nitrogen and oxygen atoms in total. The molecule has 1 N–H and O–H groups in total. The quantitative estimate of drug-likeness (QED) is 0.690. The zero-order chi connectivity index (χ0) is 10.4. The first-order chi connectivity index (χ1) is 5.95. The third-order valence-electron chi connectivity index (χ3n) is 1.75. The van der Waals surface area contributed by atoms with Crippen LogP contribution in [-0.4, -0.2) is 35.8 Å². The number of nitrogens with one attached hydrogen (secondary N) is 1. The number of carbonyl (C=O) groups is 2. The van der Waals surface area contributed by atoms with Gasteiger partial charge < -0.3 is 10.2 Å². The molecule has 0 saturated carbocycles. The number of carbonyl (C=O) groups excluding carboxylic acids is 2. The SMILES string of the molecule is CC(=O)NCCN(C(C)=O)C(C)C. The molecule has 0 unspecified atom stereocenters. The first kappa shape index (κ1) is 11.9. The number of amides is 2. The van der Waals surface area contributed by atoms with Gasteiger partial charge in [0.2, 0.25) is 11.8 Å². The summed E-state index contributed by atoms with van der Waals surface area (Å²) < 4.78 is 0. The van der Waals surface area contributed by atoms with Gasteiger partial charge in [-0.3, -0.25) is 9.59 Å². The van der Waals surface area contributed by atoms with Crippen molar-refractivity contribution in [3.63, 3.8) is 0 Å². The predicted molar refractivity (Wildman–Crippen MR) is 51.2 cm³/mol. The molecule has 0 aromatic carbocycles. The zero-order valence-corrected chi connectivity index (χ0v) is 8.76. The van der Waals surface area contributed by atoms with Crippen molar-refractivity contribution in [2.45, 2.75) is 33.7 Å². The van der Waals surface area contributed by atoms with Crippen molar-refractivity contribution in [3.8, 4) is 0 Å². The van der Waals surface area contributed by atoms with E-state index in [0.717, 1.165) is 0 Å². The fourth-order valence-electron chi connectivity index (χ4n) is 1.13. The summed E-state index contributed by atoms with van der Waals surface area (Å²) >= 11 is 0. The summed E-state index contributed by atoms with van der Waals surface area (Å²) in [5.41, 5.74) is 0. The van der Waals surface area contributed by atoms with Crippen molar-refractivity contribution in [1.82, 2.24) is 10.2 Å². The van der Waals surface area contributed by atoms with E-state index in [1.54, 1.807) is 4.90 Å². The van der Waals surface area contributed by atoms with Gasteiger partial charge in [-0.25, -0.2) is 0 Å². The number of hydrogen-bond donors (Lipinski definition) is 1. The van der Waals surface area contributed by atoms with Crippen molar-refractivity contribution in [1.29, 1.82) is 0 Å². The molecule has 0 heterocycles. The molecule has 13 heavy (non-hydrogen) atoms. The highest BCUT2D eigenvalue weighted by molar-refractivity contribution is 5.74. The summed E-state index contributed by atoms with van der Waals surface area (Å²) in [6.45, 7) is 8.01. The van der Waals surface area contributed by atoms with E-state index < -0.39 is 0 Å². The van der Waals surface area contributed by atoms with Gasteiger partial charge in [-0.15, -0.1) is 0 Å². The van der Waals surface area contributed by atoms with Crippen LogP contribution in [0.5, 0.6) is 0 Å². The molecule has 0 radical (unpaired) electrons. The molecular weight excluding hydrogens is 168 g/mol. The minimum absolute atomic E-state index is 0.0420. The largest absolute Gasteiger partial charge is 0.355 e. The van der Waals surface area contributed by atoms with Crippen LogP contribution < -0.4 is 5.32 Å². The molecule has 0 bridgehead atoms. The number of nitrogens with zero attached hydrogens (tertiary/aromatic N) is 1. The Morgan fingerprint density at radius 1 is 1.31 bits per heavy atom. The van der Waals surface area contributed by atoms with Crippen LogP contribution in [0.15, 0.2) is 0 Å². The van der Waals surface area contributed by atoms with E-state index in [-0.39, 0.29) is 17.9 Å². The van der Waals surface area contributed by atoms with E-state index in [1.165, 1.54) is 13.8 Å². The maximum atomic E-state index is 11.1. The lowest BCUT2D eigenvalue weighted by molar-refractivity contribution is -0.131. The van der Waals surface area contributed by atoms with Crippen LogP contribution in [0.1, 0.15) is 27.7 Å². The third-order valence-corrected chi connectivity index (χ3v) is 1.75. The van der Waals surface area contributed by atoms with Crippen LogP contribution >= 0.6 is 0 Å². The monoisotopic (exact) mass is 186 g/mol. The van der Waals surface area contributed by atoms with Gasteiger partial charge in [-0.05, 0) is 13.8 Å². The molecule has 0 aliphatic rings. The van der Waals surface area contributed by atoms with Crippen molar-refractivity contribution < 1.29 is 9.59 Å². The van der Waals surface area contributed by atoms with Crippen LogP contribution in [0.25, 0.3) is 0 Å². The van der Waals surface area contributed by atoms with Gasteiger partial charge in [-0.2, -0.15) is 0 Å². The molecule has 76 valence electrons. The molecule has 0 atom stereocenters. The average molecular weight is 186 g/mol. The van der Waals surface area contributed by atoms with Crippen LogP contribution in [0.2, 0.25) is 0 Å². The van der Waals surface area contributed by atoms with Gasteiger partial charge in [0.25, 0.3) is 0 Å². The van der Waals surface area contributed by atoms with Crippen molar-refractivity contribution >= 4 is 11.8 Å². The molecule has 4 heteroatoms. The summed E-state index contributed by atoms with van der Waals surface area (Å²) in [4.78, 5) is 23.3. The van der Waals surface area contributed by atoms with Gasteiger partial charge in [0.05, 0.1) is 0 Å². The van der Waals surface area contributed by atoms with Crippen LogP contribution in [0.4, 0.5) is 0 Å². The fraction of sp³-hybridized carbons (Fsp3) is 0.778. The molecule has 0 aromatic heterocycles. The normalized spacial score (nSPS) is 9.92. The Morgan fingerprint density at radius 2 is 1.85 bits per heavy atom. The molecule has 2 amide bonds. The van der Waals surface area contributed by atoms with Gasteiger partial charge in [-0.1, -0.05) is 0 Å². The molecule has 0 aromatic rings. The second-order valence-corrected chi connectivity index (χ2v) is 3.29. The van der Waals surface area contributed by atoms with Crippen molar-refractivity contribution in [3.05, 3.63) is 0 Å². The lowest BCUT2D eigenvalue weighted by atomic mass is 10.3. The fourth-order valence-corrected chi connectivity index (χ4v) is 1.13. The van der Waals surface area contributed by atoms with Crippen LogP contribution in [0, 0.1) is 0 Å². The lowest BCUT2D eigenvalue weighted by Gasteiger charge is -2.25. The minimum atomic E-state index is -0.0627. The Morgan fingerprint density at radius 3 is 2.15 bits per heavy atom. The molecule has 0 rings (SSSR count). The zero-order valence-electron chi connectivity index (χ0n) is 8.76. The highest BCUT2D eigenvalue weighted by Crippen LogP contribution is 1.96. The second kappa shape index (κ2) is 5.56. The van der Waals surface area contributed by atoms with E-state index in [4.69, 9.17) is 0 Å². The summed E-state index contributed by atoms with van der Waals surface area (Å²) in [6, 6.07) is 0.186. The number of rotatable bonds is 4. The van der Waals surface area contributed by atoms with E-state index >= 15 is 0 Å². The molecule has 0 fully saturated rings. The van der Waals surface area contributed by atoms with Gasteiger partial charge in [0, 0.05) is 33.0 Å². The topological polar surface area (TPSA) is 49.4 Å².